The van der Waals surface area contributed by atoms with Crippen molar-refractivity contribution in [3.63, 3.8) is 0 Å². The van der Waals surface area contributed by atoms with E-state index >= 15 is 0 Å². The van der Waals surface area contributed by atoms with Crippen LogP contribution >= 0.6 is 23.2 Å². The van der Waals surface area contributed by atoms with E-state index in [1.165, 1.54) is 0 Å². The molecule has 1 aromatic heterocycles. The van der Waals surface area contributed by atoms with Crippen LogP contribution in [0.15, 0.2) is 71.5 Å². The highest BCUT2D eigenvalue weighted by Crippen LogP contribution is 2.40. The molecule has 3 aromatic carbocycles. The maximum atomic E-state index is 13.0. The molecule has 0 radical (unpaired) electrons. The van der Waals surface area contributed by atoms with Crippen LogP contribution in [0.5, 0.6) is 0 Å². The third-order valence-electron chi connectivity index (χ3n) is 5.65. The van der Waals surface area contributed by atoms with E-state index in [1.807, 2.05) is 76.2 Å². The molecule has 1 N–H and O–H groups in total. The molecule has 0 bridgehead atoms. The Kier molecular flexibility index (Phi) is 6.88. The molecular weight excluding hydrogens is 469 g/mol. The summed E-state index contributed by atoms with van der Waals surface area (Å²) in [5, 5.41) is 12.4. The standard InChI is InChI=1S/C28H27Cl2NO3/c1-17-15-23-22(13-14-25(33)31(23)21-11-9-20(30)10-12-21)27(18-5-7-19(29)8-6-18)26(17)24(16-32)34-28(2,3)4/h5-15,24,32H,16H2,1-4H3. The molecule has 0 amide bonds. The Morgan fingerprint density at radius 1 is 0.941 bits per heavy atom. The summed E-state index contributed by atoms with van der Waals surface area (Å²) in [4.78, 5) is 13.0. The third kappa shape index (κ3) is 4.91. The Balaban J connectivity index is 2.11. The fraction of sp³-hybridized carbons (Fsp3) is 0.250. The van der Waals surface area contributed by atoms with Crippen molar-refractivity contribution < 1.29 is 9.84 Å². The molecule has 34 heavy (non-hydrogen) atoms. The number of aromatic nitrogens is 1. The number of pyridine rings is 1. The average Bonchev–Trinajstić information content (AvgIpc) is 2.78. The molecule has 176 valence electrons. The van der Waals surface area contributed by atoms with Crippen molar-refractivity contribution >= 4 is 34.1 Å². The average molecular weight is 496 g/mol. The van der Waals surface area contributed by atoms with E-state index < -0.39 is 11.7 Å². The smallest absolute Gasteiger partial charge is 0.255 e. The quantitative estimate of drug-likeness (QED) is 0.320. The molecular formula is C28H27Cl2NO3. The van der Waals surface area contributed by atoms with Gasteiger partial charge in [-0.2, -0.15) is 0 Å². The molecule has 0 saturated heterocycles. The SMILES string of the molecule is Cc1cc2c(ccc(=O)n2-c2ccc(Cl)cc2)c(-c2ccc(Cl)cc2)c1C(CO)OC(C)(C)C. The first-order valence-corrected chi connectivity index (χ1v) is 11.8. The predicted molar refractivity (Wildman–Crippen MR) is 140 cm³/mol. The van der Waals surface area contributed by atoms with Crippen molar-refractivity contribution in [2.45, 2.75) is 39.4 Å². The van der Waals surface area contributed by atoms with Crippen LogP contribution in [0.4, 0.5) is 0 Å². The monoisotopic (exact) mass is 495 g/mol. The second kappa shape index (κ2) is 9.55. The van der Waals surface area contributed by atoms with Gasteiger partial charge >= 0.3 is 0 Å². The van der Waals surface area contributed by atoms with Gasteiger partial charge in [0, 0.05) is 27.2 Å². The number of fused-ring (bicyclic) bond motifs is 1. The first-order valence-electron chi connectivity index (χ1n) is 11.1. The zero-order chi connectivity index (χ0) is 24.6. The van der Waals surface area contributed by atoms with Crippen molar-refractivity contribution in [1.29, 1.82) is 0 Å². The summed E-state index contributed by atoms with van der Waals surface area (Å²) in [5.41, 5.74) is 4.49. The number of nitrogens with zero attached hydrogens (tertiary/aromatic N) is 1. The lowest BCUT2D eigenvalue weighted by Crippen LogP contribution is -2.26. The number of benzene rings is 3. The molecule has 1 atom stereocenters. The Morgan fingerprint density at radius 2 is 1.53 bits per heavy atom. The summed E-state index contributed by atoms with van der Waals surface area (Å²) in [7, 11) is 0. The van der Waals surface area contributed by atoms with E-state index in [0.717, 1.165) is 38.8 Å². The summed E-state index contributed by atoms with van der Waals surface area (Å²) in [5.74, 6) is 0. The van der Waals surface area contributed by atoms with E-state index in [2.05, 4.69) is 0 Å². The number of aliphatic hydroxyl groups is 1. The molecule has 4 aromatic rings. The van der Waals surface area contributed by atoms with Crippen LogP contribution in [-0.4, -0.2) is 21.9 Å². The summed E-state index contributed by atoms with van der Waals surface area (Å²) in [6.07, 6.45) is -0.550. The number of hydrogen-bond donors (Lipinski definition) is 1. The highest BCUT2D eigenvalue weighted by atomic mass is 35.5. The summed E-state index contributed by atoms with van der Waals surface area (Å²) in [6, 6.07) is 20.1. The lowest BCUT2D eigenvalue weighted by molar-refractivity contribution is -0.0821. The molecule has 0 spiro atoms. The van der Waals surface area contributed by atoms with Gasteiger partial charge in [-0.25, -0.2) is 0 Å². The zero-order valence-electron chi connectivity index (χ0n) is 19.6. The number of aryl methyl sites for hydroxylation is 1. The first kappa shape index (κ1) is 24.5. The van der Waals surface area contributed by atoms with Crippen molar-refractivity contribution in [1.82, 2.24) is 4.57 Å². The number of halogens is 2. The van der Waals surface area contributed by atoms with Gasteiger partial charge in [0.2, 0.25) is 0 Å². The number of aliphatic hydroxyl groups excluding tert-OH is 1. The molecule has 4 rings (SSSR count). The first-order chi connectivity index (χ1) is 16.1. The molecule has 1 heterocycles. The van der Waals surface area contributed by atoms with Crippen molar-refractivity contribution in [2.24, 2.45) is 0 Å². The van der Waals surface area contributed by atoms with E-state index in [-0.39, 0.29) is 12.2 Å². The Morgan fingerprint density at radius 3 is 2.09 bits per heavy atom. The summed E-state index contributed by atoms with van der Waals surface area (Å²) < 4.78 is 7.96. The van der Waals surface area contributed by atoms with E-state index in [9.17, 15) is 9.90 Å². The number of ether oxygens (including phenoxy) is 1. The fourth-order valence-corrected chi connectivity index (χ4v) is 4.60. The minimum absolute atomic E-state index is 0.145. The minimum atomic E-state index is -0.550. The second-order valence-electron chi connectivity index (χ2n) is 9.31. The van der Waals surface area contributed by atoms with Crippen LogP contribution in [0.2, 0.25) is 10.0 Å². The Labute approximate surface area is 209 Å². The lowest BCUT2D eigenvalue weighted by Gasteiger charge is -2.30. The van der Waals surface area contributed by atoms with Gasteiger partial charge in [-0.15, -0.1) is 0 Å². The minimum Gasteiger partial charge on any atom is -0.393 e. The van der Waals surface area contributed by atoms with Crippen LogP contribution in [0.1, 0.15) is 38.0 Å². The normalized spacial score (nSPS) is 12.8. The summed E-state index contributed by atoms with van der Waals surface area (Å²) in [6.45, 7) is 7.69. The maximum absolute atomic E-state index is 13.0. The Hall–Kier alpha value is -2.63. The highest BCUT2D eigenvalue weighted by Gasteiger charge is 2.26. The highest BCUT2D eigenvalue weighted by molar-refractivity contribution is 6.31. The second-order valence-corrected chi connectivity index (χ2v) is 10.2. The van der Waals surface area contributed by atoms with Gasteiger partial charge in [0.05, 0.1) is 17.7 Å². The Bertz CT molecular complexity index is 1390. The number of hydrogen-bond acceptors (Lipinski definition) is 3. The predicted octanol–water partition coefficient (Wildman–Crippen LogP) is 7.12. The van der Waals surface area contributed by atoms with Crippen molar-refractivity contribution in [3.8, 4) is 16.8 Å². The van der Waals surface area contributed by atoms with Gasteiger partial charge in [-0.3, -0.25) is 9.36 Å². The largest absolute Gasteiger partial charge is 0.393 e. The molecule has 0 aliphatic carbocycles. The van der Waals surface area contributed by atoms with Gasteiger partial charge in [0.15, 0.2) is 0 Å². The zero-order valence-corrected chi connectivity index (χ0v) is 21.1. The lowest BCUT2D eigenvalue weighted by atomic mass is 9.88. The van der Waals surface area contributed by atoms with Gasteiger partial charge in [0.25, 0.3) is 5.56 Å². The third-order valence-corrected chi connectivity index (χ3v) is 6.15. The molecule has 0 aliphatic rings. The van der Waals surface area contributed by atoms with Crippen LogP contribution < -0.4 is 5.56 Å². The van der Waals surface area contributed by atoms with E-state index in [1.54, 1.807) is 22.8 Å². The fourth-order valence-electron chi connectivity index (χ4n) is 4.35. The molecule has 4 nitrogen and oxygen atoms in total. The van der Waals surface area contributed by atoms with Crippen LogP contribution in [0.3, 0.4) is 0 Å². The van der Waals surface area contributed by atoms with Crippen LogP contribution in [-0.2, 0) is 4.74 Å². The van der Waals surface area contributed by atoms with Gasteiger partial charge in [-0.1, -0.05) is 35.3 Å². The van der Waals surface area contributed by atoms with E-state index in [0.29, 0.717) is 10.0 Å². The van der Waals surface area contributed by atoms with Gasteiger partial charge in [0.1, 0.15) is 6.10 Å². The molecule has 6 heteroatoms. The van der Waals surface area contributed by atoms with Gasteiger partial charge in [-0.05, 0) is 98.5 Å². The van der Waals surface area contributed by atoms with E-state index in [4.69, 9.17) is 27.9 Å². The van der Waals surface area contributed by atoms with Crippen LogP contribution in [0, 0.1) is 6.92 Å². The molecule has 0 saturated carbocycles. The van der Waals surface area contributed by atoms with Crippen LogP contribution in [0.25, 0.3) is 27.7 Å². The molecule has 0 fully saturated rings. The molecule has 1 unspecified atom stereocenters. The topological polar surface area (TPSA) is 51.5 Å². The van der Waals surface area contributed by atoms with Crippen molar-refractivity contribution in [3.05, 3.63) is 98.3 Å². The summed E-state index contributed by atoms with van der Waals surface area (Å²) >= 11 is 12.3. The maximum Gasteiger partial charge on any atom is 0.255 e. The van der Waals surface area contributed by atoms with Crippen molar-refractivity contribution in [2.75, 3.05) is 6.61 Å². The molecule has 0 aliphatic heterocycles. The number of rotatable bonds is 5. The van der Waals surface area contributed by atoms with Gasteiger partial charge < -0.3 is 9.84 Å².